The third-order valence-corrected chi connectivity index (χ3v) is 6.48. The summed E-state index contributed by atoms with van der Waals surface area (Å²) in [5.74, 6) is -1.59. The van der Waals surface area contributed by atoms with Gasteiger partial charge in [0.05, 0.1) is 18.0 Å². The summed E-state index contributed by atoms with van der Waals surface area (Å²) in [4.78, 5) is 3.76. The standard InChI is InChI=1S/C21H21F2N3O4S/c1-14-2-5-20(31(27,28)29)16(6-14)7-15-9-21(30-10-15,11-26-13-24-12-25-26)18-4-3-17(22)8-19(18)23/h2-6,8,12-13,15H,7,9-11H2,1H3,(H,27,28,29)/t15-,21-/m0/s1. The SMILES string of the molecule is Cc1ccc(S(=O)(=O)O)c(C[C@@H]2CO[C@@](Cn3cncn3)(c3ccc(F)cc3F)C2)c1. The fourth-order valence-corrected chi connectivity index (χ4v) is 4.95. The molecular weight excluding hydrogens is 428 g/mol. The number of nitrogens with zero attached hydrogens (tertiary/aromatic N) is 3. The van der Waals surface area contributed by atoms with Gasteiger partial charge in [-0.2, -0.15) is 13.5 Å². The second-order valence-corrected chi connectivity index (χ2v) is 9.27. The van der Waals surface area contributed by atoms with E-state index in [1.54, 1.807) is 12.1 Å². The zero-order chi connectivity index (χ0) is 22.2. The van der Waals surface area contributed by atoms with Crippen molar-refractivity contribution in [2.45, 2.75) is 36.8 Å². The highest BCUT2D eigenvalue weighted by molar-refractivity contribution is 7.85. The summed E-state index contributed by atoms with van der Waals surface area (Å²) in [5, 5.41) is 4.08. The average molecular weight is 449 g/mol. The Morgan fingerprint density at radius 2 is 2.06 bits per heavy atom. The van der Waals surface area contributed by atoms with Crippen LogP contribution in [0.3, 0.4) is 0 Å². The molecule has 1 fully saturated rings. The molecule has 0 bridgehead atoms. The second kappa shape index (κ2) is 8.10. The van der Waals surface area contributed by atoms with Gasteiger partial charge in [0.2, 0.25) is 0 Å². The molecule has 164 valence electrons. The van der Waals surface area contributed by atoms with Crippen molar-refractivity contribution in [2.24, 2.45) is 5.92 Å². The lowest BCUT2D eigenvalue weighted by atomic mass is 9.84. The van der Waals surface area contributed by atoms with Gasteiger partial charge in [-0.05, 0) is 43.4 Å². The predicted molar refractivity (Wildman–Crippen MR) is 107 cm³/mol. The van der Waals surface area contributed by atoms with Crippen molar-refractivity contribution in [3.8, 4) is 0 Å². The molecule has 2 atom stereocenters. The van der Waals surface area contributed by atoms with E-state index >= 15 is 0 Å². The first-order chi connectivity index (χ1) is 14.7. The summed E-state index contributed by atoms with van der Waals surface area (Å²) in [6.45, 7) is 2.21. The maximum absolute atomic E-state index is 14.7. The van der Waals surface area contributed by atoms with Crippen LogP contribution in [-0.4, -0.2) is 34.3 Å². The first-order valence-electron chi connectivity index (χ1n) is 9.65. The molecular formula is C21H21F2N3O4S. The van der Waals surface area contributed by atoms with Gasteiger partial charge in [-0.1, -0.05) is 23.8 Å². The Morgan fingerprint density at radius 3 is 2.74 bits per heavy atom. The molecule has 0 radical (unpaired) electrons. The number of hydrogen-bond acceptors (Lipinski definition) is 5. The molecule has 0 unspecified atom stereocenters. The molecule has 1 aliphatic rings. The van der Waals surface area contributed by atoms with Crippen LogP contribution >= 0.6 is 0 Å². The van der Waals surface area contributed by atoms with Gasteiger partial charge in [-0.25, -0.2) is 18.4 Å². The number of halogens is 2. The van der Waals surface area contributed by atoms with Gasteiger partial charge in [-0.3, -0.25) is 4.55 Å². The van der Waals surface area contributed by atoms with Crippen molar-refractivity contribution in [3.05, 3.63) is 77.4 Å². The van der Waals surface area contributed by atoms with Crippen LogP contribution in [0.15, 0.2) is 53.9 Å². The predicted octanol–water partition coefficient (Wildman–Crippen LogP) is 3.29. The van der Waals surface area contributed by atoms with Gasteiger partial charge in [-0.15, -0.1) is 0 Å². The minimum Gasteiger partial charge on any atom is -0.368 e. The monoisotopic (exact) mass is 449 g/mol. The summed E-state index contributed by atoms with van der Waals surface area (Å²) in [5.41, 5.74) is 0.385. The number of aryl methyl sites for hydroxylation is 1. The summed E-state index contributed by atoms with van der Waals surface area (Å²) in [6, 6.07) is 8.04. The van der Waals surface area contributed by atoms with E-state index in [1.807, 2.05) is 6.92 Å². The fourth-order valence-electron chi connectivity index (χ4n) is 4.24. The molecule has 1 N–H and O–H groups in total. The van der Waals surface area contributed by atoms with E-state index in [2.05, 4.69) is 10.1 Å². The van der Waals surface area contributed by atoms with E-state index in [0.717, 1.165) is 11.6 Å². The maximum atomic E-state index is 14.7. The molecule has 1 aromatic heterocycles. The highest BCUT2D eigenvalue weighted by Gasteiger charge is 2.44. The van der Waals surface area contributed by atoms with Crippen molar-refractivity contribution >= 4 is 10.1 Å². The first kappa shape index (κ1) is 21.5. The average Bonchev–Trinajstić information content (AvgIpc) is 3.31. The van der Waals surface area contributed by atoms with E-state index in [-0.39, 0.29) is 29.5 Å². The molecule has 7 nitrogen and oxygen atoms in total. The molecule has 4 rings (SSSR count). The van der Waals surface area contributed by atoms with Gasteiger partial charge < -0.3 is 4.74 Å². The molecule has 1 aliphatic heterocycles. The van der Waals surface area contributed by atoms with Crippen LogP contribution in [0, 0.1) is 24.5 Å². The minimum atomic E-state index is -4.39. The molecule has 3 aromatic rings. The number of aromatic nitrogens is 3. The van der Waals surface area contributed by atoms with Gasteiger partial charge in [0.25, 0.3) is 10.1 Å². The maximum Gasteiger partial charge on any atom is 0.294 e. The Hall–Kier alpha value is -2.69. The third kappa shape index (κ3) is 4.51. The lowest BCUT2D eigenvalue weighted by Gasteiger charge is -2.29. The Kier molecular flexibility index (Phi) is 5.63. The van der Waals surface area contributed by atoms with Crippen LogP contribution in [0.5, 0.6) is 0 Å². The molecule has 2 heterocycles. The van der Waals surface area contributed by atoms with Crippen molar-refractivity contribution in [1.29, 1.82) is 0 Å². The molecule has 0 saturated carbocycles. The number of hydrogen-bond donors (Lipinski definition) is 1. The Balaban J connectivity index is 1.68. The normalized spacial score (nSPS) is 21.5. The number of rotatable bonds is 6. The molecule has 10 heteroatoms. The lowest BCUT2D eigenvalue weighted by molar-refractivity contribution is -0.0204. The molecule has 2 aromatic carbocycles. The Labute approximate surface area is 178 Å². The third-order valence-electron chi connectivity index (χ3n) is 5.52. The number of benzene rings is 2. The molecule has 0 amide bonds. The van der Waals surface area contributed by atoms with Crippen LogP contribution < -0.4 is 0 Å². The zero-order valence-corrected chi connectivity index (χ0v) is 17.5. The summed E-state index contributed by atoms with van der Waals surface area (Å²) < 4.78 is 69.0. The lowest BCUT2D eigenvalue weighted by Crippen LogP contribution is -2.32. The fraction of sp³-hybridized carbons (Fsp3) is 0.333. The van der Waals surface area contributed by atoms with Crippen molar-refractivity contribution in [1.82, 2.24) is 14.8 Å². The van der Waals surface area contributed by atoms with Crippen LogP contribution in [0.25, 0.3) is 0 Å². The van der Waals surface area contributed by atoms with Crippen LogP contribution in [0.2, 0.25) is 0 Å². The van der Waals surface area contributed by atoms with E-state index in [1.165, 1.54) is 35.5 Å². The van der Waals surface area contributed by atoms with Gasteiger partial charge in [0.15, 0.2) is 0 Å². The van der Waals surface area contributed by atoms with Crippen molar-refractivity contribution in [2.75, 3.05) is 6.61 Å². The minimum absolute atomic E-state index is 0.153. The first-order valence-corrected chi connectivity index (χ1v) is 11.1. The van der Waals surface area contributed by atoms with Crippen LogP contribution in [-0.2, 0) is 33.4 Å². The number of ether oxygens (including phenoxy) is 1. The van der Waals surface area contributed by atoms with Crippen molar-refractivity contribution in [3.63, 3.8) is 0 Å². The van der Waals surface area contributed by atoms with E-state index in [9.17, 15) is 21.8 Å². The molecule has 0 spiro atoms. The van der Waals surface area contributed by atoms with Gasteiger partial charge in [0.1, 0.15) is 29.9 Å². The molecule has 31 heavy (non-hydrogen) atoms. The largest absolute Gasteiger partial charge is 0.368 e. The van der Waals surface area contributed by atoms with Crippen LogP contribution in [0.1, 0.15) is 23.1 Å². The summed E-state index contributed by atoms with van der Waals surface area (Å²) in [7, 11) is -4.39. The van der Waals surface area contributed by atoms with Gasteiger partial charge >= 0.3 is 0 Å². The Morgan fingerprint density at radius 1 is 1.26 bits per heavy atom. The molecule has 1 saturated heterocycles. The topological polar surface area (TPSA) is 94.3 Å². The zero-order valence-electron chi connectivity index (χ0n) is 16.7. The summed E-state index contributed by atoms with van der Waals surface area (Å²) in [6.07, 6.45) is 3.48. The summed E-state index contributed by atoms with van der Waals surface area (Å²) >= 11 is 0. The molecule has 0 aliphatic carbocycles. The van der Waals surface area contributed by atoms with Crippen molar-refractivity contribution < 1.29 is 26.5 Å². The van der Waals surface area contributed by atoms with E-state index in [4.69, 9.17) is 4.74 Å². The Bertz CT molecular complexity index is 1200. The smallest absolute Gasteiger partial charge is 0.294 e. The quantitative estimate of drug-likeness (QED) is 0.581. The van der Waals surface area contributed by atoms with E-state index in [0.29, 0.717) is 18.4 Å². The van der Waals surface area contributed by atoms with E-state index < -0.39 is 27.4 Å². The highest BCUT2D eigenvalue weighted by atomic mass is 32.2. The van der Waals surface area contributed by atoms with Gasteiger partial charge in [0, 0.05) is 11.6 Å². The second-order valence-electron chi connectivity index (χ2n) is 7.88. The van der Waals surface area contributed by atoms with Crippen LogP contribution in [0.4, 0.5) is 8.78 Å². The highest BCUT2D eigenvalue weighted by Crippen LogP contribution is 2.43.